The number of aliphatic hydroxyl groups excluding tert-OH is 1. The van der Waals surface area contributed by atoms with Crippen molar-refractivity contribution in [1.82, 2.24) is 0 Å². The van der Waals surface area contributed by atoms with E-state index in [1.807, 2.05) is 0 Å². The van der Waals surface area contributed by atoms with Crippen LogP contribution in [0.1, 0.15) is 65.7 Å². The Balaban J connectivity index is 1.55. The van der Waals surface area contributed by atoms with E-state index < -0.39 is 0 Å². The molecule has 0 radical (unpaired) electrons. The number of hydrogen-bond acceptors (Lipinski definition) is 2. The summed E-state index contributed by atoms with van der Waals surface area (Å²) >= 11 is 0. The largest absolute Gasteiger partial charge is 0.393 e. The van der Waals surface area contributed by atoms with Gasteiger partial charge in [-0.1, -0.05) is 25.5 Å². The molecule has 0 saturated heterocycles. The Labute approximate surface area is 146 Å². The number of nitrogens with zero attached hydrogens (tertiary/aromatic N) is 1. The van der Waals surface area contributed by atoms with Crippen molar-refractivity contribution >= 4 is 0 Å². The molecule has 2 nitrogen and oxygen atoms in total. The summed E-state index contributed by atoms with van der Waals surface area (Å²) in [6.45, 7) is 7.23. The van der Waals surface area contributed by atoms with Crippen LogP contribution in [-0.2, 0) is 0 Å². The van der Waals surface area contributed by atoms with Crippen LogP contribution >= 0.6 is 0 Å². The highest BCUT2D eigenvalue weighted by Gasteiger charge is 2.75. The zero-order valence-corrected chi connectivity index (χ0v) is 15.4. The molecule has 1 N–H and O–H groups in total. The van der Waals surface area contributed by atoms with Gasteiger partial charge in [-0.2, -0.15) is 5.26 Å². The first-order chi connectivity index (χ1) is 11.3. The van der Waals surface area contributed by atoms with Crippen molar-refractivity contribution in [3.05, 3.63) is 11.6 Å². The highest BCUT2D eigenvalue weighted by atomic mass is 16.3. The SMILES string of the molecule is C[C@]12CC[C@H](O)CC1=CC[C@H]1[C@@H]3[C@H]4C[C@H]4[C@@](C)(C#N)[C@@]3(C)CC[C@@H]12. The van der Waals surface area contributed by atoms with Gasteiger partial charge in [0.15, 0.2) is 0 Å². The van der Waals surface area contributed by atoms with Crippen LogP contribution in [0.4, 0.5) is 0 Å². The Morgan fingerprint density at radius 1 is 1.12 bits per heavy atom. The van der Waals surface area contributed by atoms with Crippen LogP contribution in [0.5, 0.6) is 0 Å². The summed E-state index contributed by atoms with van der Waals surface area (Å²) in [5.41, 5.74) is 2.01. The molecule has 5 aliphatic rings. The maximum Gasteiger partial charge on any atom is 0.0695 e. The minimum atomic E-state index is -0.115. The second-order valence-corrected chi connectivity index (χ2v) is 10.4. The predicted molar refractivity (Wildman–Crippen MR) is 93.8 cm³/mol. The van der Waals surface area contributed by atoms with E-state index in [9.17, 15) is 10.4 Å². The molecule has 2 heteroatoms. The molecule has 4 fully saturated rings. The molecule has 0 aromatic heterocycles. The molecule has 24 heavy (non-hydrogen) atoms. The van der Waals surface area contributed by atoms with E-state index in [-0.39, 0.29) is 16.9 Å². The van der Waals surface area contributed by atoms with Gasteiger partial charge < -0.3 is 5.11 Å². The number of nitriles is 1. The summed E-state index contributed by atoms with van der Waals surface area (Å²) < 4.78 is 0. The number of fused-ring (bicyclic) bond motifs is 7. The highest BCUT2D eigenvalue weighted by molar-refractivity contribution is 5.31. The summed E-state index contributed by atoms with van der Waals surface area (Å²) in [6, 6.07) is 2.79. The molecule has 0 spiro atoms. The molecule has 0 unspecified atom stereocenters. The topological polar surface area (TPSA) is 44.0 Å². The van der Waals surface area contributed by atoms with Crippen molar-refractivity contribution in [2.45, 2.75) is 71.8 Å². The standard InChI is InChI=1S/C22H31NO/c1-20-8-6-14(24)10-13(20)4-5-15-17(20)7-9-21(2)19(15)16-11-18(16)22(21,3)12-23/h4,14-19,24H,5-11H2,1-3H3/t14-,15+,16-,17-,18+,19+,20-,21-,22+/m0/s1. The molecule has 130 valence electrons. The van der Waals surface area contributed by atoms with E-state index in [0.29, 0.717) is 11.3 Å². The van der Waals surface area contributed by atoms with Crippen LogP contribution in [0.25, 0.3) is 0 Å². The van der Waals surface area contributed by atoms with Crippen molar-refractivity contribution in [2.75, 3.05) is 0 Å². The minimum Gasteiger partial charge on any atom is -0.393 e. The fraction of sp³-hybridized carbons (Fsp3) is 0.864. The van der Waals surface area contributed by atoms with Crippen molar-refractivity contribution < 1.29 is 5.11 Å². The highest BCUT2D eigenvalue weighted by Crippen LogP contribution is 2.79. The number of hydrogen-bond donors (Lipinski definition) is 1. The van der Waals surface area contributed by atoms with Crippen molar-refractivity contribution in [1.29, 1.82) is 5.26 Å². The van der Waals surface area contributed by atoms with E-state index in [1.165, 1.54) is 25.7 Å². The molecule has 9 atom stereocenters. The van der Waals surface area contributed by atoms with E-state index >= 15 is 0 Å². The number of allylic oxidation sites excluding steroid dienone is 1. The van der Waals surface area contributed by atoms with Crippen LogP contribution in [0, 0.1) is 57.2 Å². The predicted octanol–water partition coefficient (Wildman–Crippen LogP) is 4.70. The lowest BCUT2D eigenvalue weighted by molar-refractivity contribution is -0.0755. The van der Waals surface area contributed by atoms with Gasteiger partial charge in [0.25, 0.3) is 0 Å². The van der Waals surface area contributed by atoms with Gasteiger partial charge in [0.05, 0.1) is 17.6 Å². The molecule has 5 aliphatic carbocycles. The smallest absolute Gasteiger partial charge is 0.0695 e. The van der Waals surface area contributed by atoms with E-state index in [0.717, 1.165) is 42.9 Å². The second kappa shape index (κ2) is 4.47. The van der Waals surface area contributed by atoms with Gasteiger partial charge in [0.2, 0.25) is 0 Å². The Morgan fingerprint density at radius 3 is 2.67 bits per heavy atom. The zero-order chi connectivity index (χ0) is 16.9. The lowest BCUT2D eigenvalue weighted by atomic mass is 9.45. The second-order valence-electron chi connectivity index (χ2n) is 10.4. The average Bonchev–Trinajstić information content (AvgIpc) is 3.31. The monoisotopic (exact) mass is 325 g/mol. The van der Waals surface area contributed by atoms with Gasteiger partial charge in [-0.3, -0.25) is 0 Å². The van der Waals surface area contributed by atoms with Crippen molar-refractivity contribution in [2.24, 2.45) is 45.8 Å². The van der Waals surface area contributed by atoms with Gasteiger partial charge >= 0.3 is 0 Å². The summed E-state index contributed by atoms with van der Waals surface area (Å²) in [5, 5.41) is 20.1. The van der Waals surface area contributed by atoms with E-state index in [1.54, 1.807) is 5.57 Å². The van der Waals surface area contributed by atoms with Crippen molar-refractivity contribution in [3.8, 4) is 6.07 Å². The molecular formula is C22H31NO. The van der Waals surface area contributed by atoms with Crippen LogP contribution < -0.4 is 0 Å². The molecule has 0 aromatic carbocycles. The molecule has 0 aliphatic heterocycles. The van der Waals surface area contributed by atoms with Gasteiger partial charge in [-0.15, -0.1) is 0 Å². The fourth-order valence-corrected chi connectivity index (χ4v) is 8.20. The summed E-state index contributed by atoms with van der Waals surface area (Å²) in [5.74, 6) is 3.80. The molecular weight excluding hydrogens is 294 g/mol. The number of rotatable bonds is 0. The minimum absolute atomic E-state index is 0.0963. The Bertz CT molecular complexity index is 661. The third-order valence-electron chi connectivity index (χ3n) is 9.79. The molecule has 0 aromatic rings. The van der Waals surface area contributed by atoms with Gasteiger partial charge in [-0.25, -0.2) is 0 Å². The van der Waals surface area contributed by atoms with E-state index in [4.69, 9.17) is 0 Å². The summed E-state index contributed by atoms with van der Waals surface area (Å²) in [4.78, 5) is 0. The maximum absolute atomic E-state index is 10.1. The van der Waals surface area contributed by atoms with Crippen LogP contribution in [0.3, 0.4) is 0 Å². The van der Waals surface area contributed by atoms with Crippen LogP contribution in [0.2, 0.25) is 0 Å². The summed E-state index contributed by atoms with van der Waals surface area (Å²) in [7, 11) is 0. The first-order valence-electron chi connectivity index (χ1n) is 10.1. The Morgan fingerprint density at radius 2 is 1.92 bits per heavy atom. The molecule has 0 amide bonds. The first kappa shape index (κ1) is 15.4. The third kappa shape index (κ3) is 1.57. The fourth-order valence-electron chi connectivity index (χ4n) is 8.20. The van der Waals surface area contributed by atoms with Crippen LogP contribution in [-0.4, -0.2) is 11.2 Å². The zero-order valence-electron chi connectivity index (χ0n) is 15.4. The van der Waals surface area contributed by atoms with Gasteiger partial charge in [0, 0.05) is 0 Å². The quantitative estimate of drug-likeness (QED) is 0.656. The summed E-state index contributed by atoms with van der Waals surface area (Å²) in [6.07, 6.45) is 10.5. The third-order valence-corrected chi connectivity index (χ3v) is 9.79. The normalized spacial score (nSPS) is 60.9. The first-order valence-corrected chi connectivity index (χ1v) is 10.1. The molecule has 5 rings (SSSR count). The maximum atomic E-state index is 10.1. The van der Waals surface area contributed by atoms with Gasteiger partial charge in [0.1, 0.15) is 0 Å². The lowest BCUT2D eigenvalue weighted by Gasteiger charge is -2.59. The molecule has 0 bridgehead atoms. The van der Waals surface area contributed by atoms with Gasteiger partial charge in [-0.05, 0) is 92.3 Å². The van der Waals surface area contributed by atoms with Crippen molar-refractivity contribution in [3.63, 3.8) is 0 Å². The Hall–Kier alpha value is -0.810. The average molecular weight is 325 g/mol. The number of aliphatic hydroxyl groups is 1. The molecule has 0 heterocycles. The lowest BCUT2D eigenvalue weighted by Crippen LogP contribution is -2.53. The van der Waals surface area contributed by atoms with Crippen LogP contribution in [0.15, 0.2) is 11.6 Å². The van der Waals surface area contributed by atoms with E-state index in [2.05, 4.69) is 32.9 Å². The molecule has 4 saturated carbocycles. The Kier molecular flexibility index (Phi) is 2.88.